The Morgan fingerprint density at radius 2 is 2.14 bits per heavy atom. The van der Waals surface area contributed by atoms with Crippen LogP contribution in [0, 0.1) is 20.8 Å². The summed E-state index contributed by atoms with van der Waals surface area (Å²) in [6, 6.07) is 6.31. The van der Waals surface area contributed by atoms with Gasteiger partial charge in [-0.1, -0.05) is 6.07 Å². The van der Waals surface area contributed by atoms with E-state index in [9.17, 15) is 0 Å². The first-order valence-corrected chi connectivity index (χ1v) is 7.83. The van der Waals surface area contributed by atoms with Crippen LogP contribution >= 0.6 is 0 Å². The number of hydrogen-bond donors (Lipinski definition) is 0. The minimum atomic E-state index is 0.235. The molecule has 0 spiro atoms. The van der Waals surface area contributed by atoms with Gasteiger partial charge in [0, 0.05) is 6.61 Å². The van der Waals surface area contributed by atoms with E-state index in [2.05, 4.69) is 42.1 Å². The Hall–Kier alpha value is -1.72. The van der Waals surface area contributed by atoms with Gasteiger partial charge in [-0.15, -0.1) is 0 Å². The largest absolute Gasteiger partial charge is 0.376 e. The highest BCUT2D eigenvalue weighted by Crippen LogP contribution is 2.17. The lowest BCUT2D eigenvalue weighted by Crippen LogP contribution is -2.15. The summed E-state index contributed by atoms with van der Waals surface area (Å²) >= 11 is 0. The van der Waals surface area contributed by atoms with Gasteiger partial charge >= 0.3 is 0 Å². The maximum atomic E-state index is 5.78. The molecule has 0 amide bonds. The third-order valence-corrected chi connectivity index (χ3v) is 4.07. The summed E-state index contributed by atoms with van der Waals surface area (Å²) in [5.41, 5.74) is 3.55. The third kappa shape index (κ3) is 3.36. The van der Waals surface area contributed by atoms with Crippen molar-refractivity contribution in [1.29, 1.82) is 0 Å². The van der Waals surface area contributed by atoms with Crippen molar-refractivity contribution in [1.82, 2.24) is 14.8 Å². The maximum absolute atomic E-state index is 5.78. The van der Waals surface area contributed by atoms with Gasteiger partial charge in [-0.05, 0) is 56.9 Å². The average molecular weight is 301 g/mol. The lowest BCUT2D eigenvalue weighted by molar-refractivity contribution is 0.00817. The van der Waals surface area contributed by atoms with Crippen LogP contribution in [0.15, 0.2) is 18.2 Å². The highest BCUT2D eigenvalue weighted by molar-refractivity contribution is 5.39. The molecule has 0 aliphatic carbocycles. The number of benzene rings is 1. The molecule has 1 aliphatic heterocycles. The van der Waals surface area contributed by atoms with Crippen LogP contribution in [0.2, 0.25) is 0 Å². The molecule has 3 rings (SSSR count). The van der Waals surface area contributed by atoms with E-state index in [0.29, 0.717) is 13.2 Å². The quantitative estimate of drug-likeness (QED) is 0.852. The molecular weight excluding hydrogens is 278 g/mol. The van der Waals surface area contributed by atoms with Gasteiger partial charge in [0.05, 0.1) is 18.4 Å². The van der Waals surface area contributed by atoms with E-state index in [4.69, 9.17) is 9.47 Å². The molecule has 1 atom stereocenters. The summed E-state index contributed by atoms with van der Waals surface area (Å²) in [6.07, 6.45) is 2.45. The number of aromatic nitrogens is 3. The monoisotopic (exact) mass is 301 g/mol. The summed E-state index contributed by atoms with van der Waals surface area (Å²) in [5.74, 6) is 1.59. The van der Waals surface area contributed by atoms with E-state index in [1.165, 1.54) is 11.1 Å². The zero-order chi connectivity index (χ0) is 15.5. The van der Waals surface area contributed by atoms with Gasteiger partial charge in [0.1, 0.15) is 12.4 Å². The van der Waals surface area contributed by atoms with Crippen molar-refractivity contribution in [3.05, 3.63) is 41.0 Å². The molecule has 2 aromatic rings. The molecule has 22 heavy (non-hydrogen) atoms. The van der Waals surface area contributed by atoms with E-state index in [1.807, 2.05) is 11.6 Å². The van der Waals surface area contributed by atoms with Crippen molar-refractivity contribution in [3.63, 3.8) is 0 Å². The molecule has 1 fully saturated rings. The second-order valence-electron chi connectivity index (χ2n) is 5.91. The number of ether oxygens (including phenoxy) is 2. The molecule has 1 aromatic heterocycles. The van der Waals surface area contributed by atoms with Gasteiger partial charge in [-0.3, -0.25) is 0 Å². The Balaban J connectivity index is 1.72. The summed E-state index contributed by atoms with van der Waals surface area (Å²) in [5, 5.41) is 4.50. The topological polar surface area (TPSA) is 49.2 Å². The van der Waals surface area contributed by atoms with Crippen LogP contribution in [0.1, 0.15) is 35.6 Å². The molecular formula is C17H23N3O2. The van der Waals surface area contributed by atoms with Gasteiger partial charge in [-0.25, -0.2) is 9.67 Å². The molecule has 1 saturated heterocycles. The molecule has 2 heterocycles. The standard InChI is InChI=1S/C17H23N3O2/c1-12-6-7-15(9-13(12)2)20-17(18-14(3)19-20)11-21-10-16-5-4-8-22-16/h6-7,9,16H,4-5,8,10-11H2,1-3H3/t16-/m1/s1. The first kappa shape index (κ1) is 15.2. The van der Waals surface area contributed by atoms with Crippen LogP contribution in [0.4, 0.5) is 0 Å². The van der Waals surface area contributed by atoms with Gasteiger partial charge in [0.25, 0.3) is 0 Å². The Labute approximate surface area is 131 Å². The van der Waals surface area contributed by atoms with Gasteiger partial charge < -0.3 is 9.47 Å². The van der Waals surface area contributed by atoms with Crippen LogP contribution in [0.3, 0.4) is 0 Å². The van der Waals surface area contributed by atoms with Crippen LogP contribution in [0.5, 0.6) is 0 Å². The lowest BCUT2D eigenvalue weighted by Gasteiger charge is -2.11. The van der Waals surface area contributed by atoms with E-state index in [-0.39, 0.29) is 6.10 Å². The second kappa shape index (κ2) is 6.58. The third-order valence-electron chi connectivity index (χ3n) is 4.07. The Bertz CT molecular complexity index is 645. The van der Waals surface area contributed by atoms with Crippen LogP contribution in [-0.4, -0.2) is 34.1 Å². The fourth-order valence-corrected chi connectivity index (χ4v) is 2.67. The number of hydrogen-bond acceptors (Lipinski definition) is 4. The Morgan fingerprint density at radius 1 is 1.27 bits per heavy atom. The predicted octanol–water partition coefficient (Wildman–Crippen LogP) is 2.89. The fraction of sp³-hybridized carbons (Fsp3) is 0.529. The van der Waals surface area contributed by atoms with E-state index >= 15 is 0 Å². The molecule has 0 N–H and O–H groups in total. The Morgan fingerprint density at radius 3 is 2.86 bits per heavy atom. The van der Waals surface area contributed by atoms with Crippen molar-refractivity contribution < 1.29 is 9.47 Å². The number of rotatable bonds is 5. The molecule has 0 unspecified atom stereocenters. The average Bonchev–Trinajstić information content (AvgIpc) is 3.12. The minimum Gasteiger partial charge on any atom is -0.376 e. The van der Waals surface area contributed by atoms with Crippen LogP contribution in [0.25, 0.3) is 5.69 Å². The van der Waals surface area contributed by atoms with Crippen LogP contribution in [-0.2, 0) is 16.1 Å². The molecule has 118 valence electrons. The van der Waals surface area contributed by atoms with Crippen molar-refractivity contribution in [2.75, 3.05) is 13.2 Å². The molecule has 1 aromatic carbocycles. The van der Waals surface area contributed by atoms with Crippen molar-refractivity contribution >= 4 is 0 Å². The summed E-state index contributed by atoms with van der Waals surface area (Å²) in [4.78, 5) is 4.49. The first-order valence-electron chi connectivity index (χ1n) is 7.83. The molecule has 0 saturated carbocycles. The summed E-state index contributed by atoms with van der Waals surface area (Å²) in [6.45, 7) is 8.05. The zero-order valence-electron chi connectivity index (χ0n) is 13.5. The van der Waals surface area contributed by atoms with Gasteiger partial charge in [-0.2, -0.15) is 5.10 Å². The molecule has 5 nitrogen and oxygen atoms in total. The number of nitrogens with zero attached hydrogens (tertiary/aromatic N) is 3. The van der Waals surface area contributed by atoms with Crippen molar-refractivity contribution in [2.24, 2.45) is 0 Å². The Kier molecular flexibility index (Phi) is 4.55. The first-order chi connectivity index (χ1) is 10.6. The lowest BCUT2D eigenvalue weighted by atomic mass is 10.1. The highest BCUT2D eigenvalue weighted by Gasteiger charge is 2.16. The van der Waals surface area contributed by atoms with Gasteiger partial charge in [0.15, 0.2) is 5.82 Å². The molecule has 0 radical (unpaired) electrons. The number of aryl methyl sites for hydroxylation is 3. The van der Waals surface area contributed by atoms with Crippen molar-refractivity contribution in [3.8, 4) is 5.69 Å². The SMILES string of the molecule is Cc1nc(COC[C@H]2CCCO2)n(-c2ccc(C)c(C)c2)n1. The fourth-order valence-electron chi connectivity index (χ4n) is 2.67. The zero-order valence-corrected chi connectivity index (χ0v) is 13.5. The van der Waals surface area contributed by atoms with E-state index < -0.39 is 0 Å². The molecule has 0 bridgehead atoms. The smallest absolute Gasteiger partial charge is 0.158 e. The predicted molar refractivity (Wildman–Crippen MR) is 84.2 cm³/mol. The van der Waals surface area contributed by atoms with Crippen molar-refractivity contribution in [2.45, 2.75) is 46.3 Å². The second-order valence-corrected chi connectivity index (χ2v) is 5.91. The summed E-state index contributed by atoms with van der Waals surface area (Å²) in [7, 11) is 0. The minimum absolute atomic E-state index is 0.235. The van der Waals surface area contributed by atoms with Gasteiger partial charge in [0.2, 0.25) is 0 Å². The molecule has 5 heteroatoms. The van der Waals surface area contributed by atoms with E-state index in [0.717, 1.165) is 36.8 Å². The normalized spacial score (nSPS) is 18.0. The van der Waals surface area contributed by atoms with Crippen LogP contribution < -0.4 is 0 Å². The van der Waals surface area contributed by atoms with E-state index in [1.54, 1.807) is 0 Å². The molecule has 1 aliphatic rings. The highest BCUT2D eigenvalue weighted by atomic mass is 16.5. The summed E-state index contributed by atoms with van der Waals surface area (Å²) < 4.78 is 13.2. The maximum Gasteiger partial charge on any atom is 0.158 e.